The minimum absolute atomic E-state index is 0.0155. The van der Waals surface area contributed by atoms with Crippen LogP contribution in [0.5, 0.6) is 0 Å². The fourth-order valence-electron chi connectivity index (χ4n) is 2.14. The number of ketones is 1. The van der Waals surface area contributed by atoms with E-state index >= 15 is 0 Å². The molecule has 3 nitrogen and oxygen atoms in total. The number of carbonyl (C=O) groups excluding carboxylic acids is 1. The van der Waals surface area contributed by atoms with Crippen LogP contribution in [0.3, 0.4) is 0 Å². The predicted octanol–water partition coefficient (Wildman–Crippen LogP) is 3.00. The van der Waals surface area contributed by atoms with Gasteiger partial charge < -0.3 is 4.74 Å². The van der Waals surface area contributed by atoms with Gasteiger partial charge in [0.1, 0.15) is 5.82 Å². The Bertz CT molecular complexity index is 417. The smallest absolute Gasteiger partial charge is 0.179 e. The molecule has 0 aliphatic carbocycles. The zero-order chi connectivity index (χ0) is 15.1. The first-order chi connectivity index (χ1) is 9.45. The van der Waals surface area contributed by atoms with Gasteiger partial charge in [0.15, 0.2) is 5.78 Å². The van der Waals surface area contributed by atoms with Gasteiger partial charge in [0.05, 0.1) is 12.6 Å². The molecule has 0 radical (unpaired) electrons. The number of rotatable bonds is 8. The van der Waals surface area contributed by atoms with E-state index in [0.29, 0.717) is 24.6 Å². The molecule has 0 amide bonds. The maximum absolute atomic E-state index is 12.9. The van der Waals surface area contributed by atoms with Gasteiger partial charge in [0.25, 0.3) is 0 Å². The number of ether oxygens (including phenoxy) is 1. The molecule has 0 heterocycles. The van der Waals surface area contributed by atoms with Gasteiger partial charge >= 0.3 is 0 Å². The molecule has 0 saturated carbocycles. The van der Waals surface area contributed by atoms with E-state index in [-0.39, 0.29) is 17.6 Å². The summed E-state index contributed by atoms with van der Waals surface area (Å²) >= 11 is 0. The van der Waals surface area contributed by atoms with Gasteiger partial charge in [-0.05, 0) is 37.1 Å². The molecule has 0 spiro atoms. The van der Waals surface area contributed by atoms with Crippen molar-refractivity contribution >= 4 is 5.78 Å². The molecule has 1 rings (SSSR count). The Morgan fingerprint density at radius 1 is 1.25 bits per heavy atom. The first kappa shape index (κ1) is 16.8. The summed E-state index contributed by atoms with van der Waals surface area (Å²) in [6, 6.07) is 5.48. The van der Waals surface area contributed by atoms with Crippen LogP contribution in [0.25, 0.3) is 0 Å². The van der Waals surface area contributed by atoms with Crippen LogP contribution in [0.2, 0.25) is 0 Å². The topological polar surface area (TPSA) is 29.5 Å². The van der Waals surface area contributed by atoms with E-state index in [4.69, 9.17) is 4.74 Å². The van der Waals surface area contributed by atoms with E-state index in [9.17, 15) is 9.18 Å². The molecule has 0 bridgehead atoms. The first-order valence-corrected chi connectivity index (χ1v) is 6.98. The average Bonchev–Trinajstić information content (AvgIpc) is 2.42. The van der Waals surface area contributed by atoms with Crippen molar-refractivity contribution in [2.75, 3.05) is 26.8 Å². The molecule has 20 heavy (non-hydrogen) atoms. The fraction of sp³-hybridized carbons (Fsp3) is 0.562. The average molecular weight is 281 g/mol. The monoisotopic (exact) mass is 281 g/mol. The van der Waals surface area contributed by atoms with E-state index in [2.05, 4.69) is 18.7 Å². The van der Waals surface area contributed by atoms with Crippen molar-refractivity contribution in [2.24, 2.45) is 5.92 Å². The van der Waals surface area contributed by atoms with E-state index in [1.165, 1.54) is 24.3 Å². The van der Waals surface area contributed by atoms with Crippen LogP contribution >= 0.6 is 0 Å². The van der Waals surface area contributed by atoms with E-state index in [1.54, 1.807) is 7.11 Å². The van der Waals surface area contributed by atoms with Crippen LogP contribution in [0.4, 0.5) is 4.39 Å². The molecule has 1 atom stereocenters. The van der Waals surface area contributed by atoms with Crippen molar-refractivity contribution in [2.45, 2.75) is 26.8 Å². The summed E-state index contributed by atoms with van der Waals surface area (Å²) in [7, 11) is 1.65. The van der Waals surface area contributed by atoms with Crippen LogP contribution in [0.15, 0.2) is 24.3 Å². The molecular formula is C16H24FNO2. The Morgan fingerprint density at radius 2 is 1.85 bits per heavy atom. The number of halogens is 1. The molecule has 0 aliphatic rings. The van der Waals surface area contributed by atoms with Crippen LogP contribution in [-0.4, -0.2) is 43.5 Å². The predicted molar refractivity (Wildman–Crippen MR) is 78.5 cm³/mol. The lowest BCUT2D eigenvalue weighted by Gasteiger charge is -2.29. The van der Waals surface area contributed by atoms with Gasteiger partial charge in [-0.3, -0.25) is 9.69 Å². The zero-order valence-corrected chi connectivity index (χ0v) is 12.7. The number of carbonyl (C=O) groups is 1. The standard InChI is InChI=1S/C16H24FNO2/c1-12(2)11-18(9-10-20-4)13(3)16(19)14-5-7-15(17)8-6-14/h5-8,12-13H,9-11H2,1-4H3. The first-order valence-electron chi connectivity index (χ1n) is 6.98. The number of hydrogen-bond acceptors (Lipinski definition) is 3. The highest BCUT2D eigenvalue weighted by atomic mass is 19.1. The Balaban J connectivity index is 2.78. The number of benzene rings is 1. The molecule has 0 saturated heterocycles. The summed E-state index contributed by atoms with van der Waals surface area (Å²) in [4.78, 5) is 14.5. The second kappa shape index (κ2) is 8.12. The molecule has 4 heteroatoms. The largest absolute Gasteiger partial charge is 0.383 e. The van der Waals surface area contributed by atoms with Gasteiger partial charge in [-0.2, -0.15) is 0 Å². The fourth-order valence-corrected chi connectivity index (χ4v) is 2.14. The van der Waals surface area contributed by atoms with Gasteiger partial charge in [-0.15, -0.1) is 0 Å². The van der Waals surface area contributed by atoms with Crippen molar-refractivity contribution in [1.82, 2.24) is 4.90 Å². The van der Waals surface area contributed by atoms with Crippen LogP contribution < -0.4 is 0 Å². The van der Waals surface area contributed by atoms with Gasteiger partial charge in [0.2, 0.25) is 0 Å². The quantitative estimate of drug-likeness (QED) is 0.686. The molecule has 1 aromatic carbocycles. The lowest BCUT2D eigenvalue weighted by molar-refractivity contribution is 0.0750. The van der Waals surface area contributed by atoms with Gasteiger partial charge in [-0.1, -0.05) is 13.8 Å². The van der Waals surface area contributed by atoms with Crippen molar-refractivity contribution in [3.63, 3.8) is 0 Å². The molecule has 1 aromatic rings. The van der Waals surface area contributed by atoms with Crippen molar-refractivity contribution in [3.05, 3.63) is 35.6 Å². The van der Waals surface area contributed by atoms with Crippen molar-refractivity contribution in [3.8, 4) is 0 Å². The van der Waals surface area contributed by atoms with E-state index in [1.807, 2.05) is 6.92 Å². The highest BCUT2D eigenvalue weighted by Crippen LogP contribution is 2.12. The van der Waals surface area contributed by atoms with Crippen LogP contribution in [-0.2, 0) is 4.74 Å². The summed E-state index contributed by atoms with van der Waals surface area (Å²) < 4.78 is 18.0. The second-order valence-corrected chi connectivity index (χ2v) is 5.43. The lowest BCUT2D eigenvalue weighted by atomic mass is 10.0. The third-order valence-electron chi connectivity index (χ3n) is 3.24. The van der Waals surface area contributed by atoms with E-state index < -0.39 is 0 Å². The molecule has 0 aliphatic heterocycles. The third-order valence-corrected chi connectivity index (χ3v) is 3.24. The highest BCUT2D eigenvalue weighted by molar-refractivity contribution is 5.99. The Labute approximate surface area is 120 Å². The number of methoxy groups -OCH3 is 1. The minimum Gasteiger partial charge on any atom is -0.383 e. The second-order valence-electron chi connectivity index (χ2n) is 5.43. The maximum Gasteiger partial charge on any atom is 0.179 e. The summed E-state index contributed by atoms with van der Waals surface area (Å²) in [6.45, 7) is 8.27. The summed E-state index contributed by atoms with van der Waals surface area (Å²) in [5.74, 6) is 0.157. The molecule has 0 aromatic heterocycles. The SMILES string of the molecule is COCCN(CC(C)C)C(C)C(=O)c1ccc(F)cc1. The Kier molecular flexibility index (Phi) is 6.82. The van der Waals surface area contributed by atoms with Crippen LogP contribution in [0, 0.1) is 11.7 Å². The minimum atomic E-state index is -0.326. The third kappa shape index (κ3) is 5.02. The van der Waals surface area contributed by atoms with Crippen LogP contribution in [0.1, 0.15) is 31.1 Å². The lowest BCUT2D eigenvalue weighted by Crippen LogP contribution is -2.43. The summed E-state index contributed by atoms with van der Waals surface area (Å²) in [6.07, 6.45) is 0. The van der Waals surface area contributed by atoms with Crippen molar-refractivity contribution < 1.29 is 13.9 Å². The Hall–Kier alpha value is -1.26. The molecular weight excluding hydrogens is 257 g/mol. The normalized spacial score (nSPS) is 12.9. The van der Waals surface area contributed by atoms with Gasteiger partial charge in [0, 0.05) is 25.8 Å². The zero-order valence-electron chi connectivity index (χ0n) is 12.7. The molecule has 0 N–H and O–H groups in total. The Morgan fingerprint density at radius 3 is 2.35 bits per heavy atom. The van der Waals surface area contributed by atoms with E-state index in [0.717, 1.165) is 6.54 Å². The van der Waals surface area contributed by atoms with Gasteiger partial charge in [-0.25, -0.2) is 4.39 Å². The highest BCUT2D eigenvalue weighted by Gasteiger charge is 2.22. The van der Waals surface area contributed by atoms with Crippen molar-refractivity contribution in [1.29, 1.82) is 0 Å². The maximum atomic E-state index is 12.9. The molecule has 0 fully saturated rings. The number of nitrogens with zero attached hydrogens (tertiary/aromatic N) is 1. The number of Topliss-reactive ketones (excluding diaryl/α,β-unsaturated/α-hetero) is 1. The molecule has 1 unspecified atom stereocenters. The summed E-state index contributed by atoms with van der Waals surface area (Å²) in [5.41, 5.74) is 0.546. The summed E-state index contributed by atoms with van der Waals surface area (Å²) in [5, 5.41) is 0. The molecule has 112 valence electrons. The number of hydrogen-bond donors (Lipinski definition) is 0.